The van der Waals surface area contributed by atoms with Crippen LogP contribution >= 0.6 is 24.0 Å². The molecule has 2 aromatic rings. The highest BCUT2D eigenvalue weighted by Crippen LogP contribution is 2.17. The maximum absolute atomic E-state index is 13.7. The van der Waals surface area contributed by atoms with Gasteiger partial charge in [-0.25, -0.2) is 4.39 Å². The van der Waals surface area contributed by atoms with E-state index in [1.165, 1.54) is 6.07 Å². The summed E-state index contributed by atoms with van der Waals surface area (Å²) in [7, 11) is 1.72. The van der Waals surface area contributed by atoms with Gasteiger partial charge in [-0.05, 0) is 43.0 Å². The summed E-state index contributed by atoms with van der Waals surface area (Å²) >= 11 is 0. The lowest BCUT2D eigenvalue weighted by Gasteiger charge is -2.22. The second kappa shape index (κ2) is 14.3. The Morgan fingerprint density at radius 2 is 1.88 bits per heavy atom. The molecular weight excluding hydrogens is 524 g/mol. The second-order valence-corrected chi connectivity index (χ2v) is 7.61. The van der Waals surface area contributed by atoms with Gasteiger partial charge in [0.1, 0.15) is 6.10 Å². The van der Waals surface area contributed by atoms with E-state index in [9.17, 15) is 4.39 Å². The Kier molecular flexibility index (Phi) is 11.8. The number of guanidine groups is 1. The SMILES string of the molecule is CN=C(NCc1cccc(COC2CCOCC2)c1)NCC(C)Oc1ccccc1F.I. The van der Waals surface area contributed by atoms with Crippen molar-refractivity contribution in [1.29, 1.82) is 0 Å². The quantitative estimate of drug-likeness (QED) is 0.274. The summed E-state index contributed by atoms with van der Waals surface area (Å²) in [5.74, 6) is 0.546. The van der Waals surface area contributed by atoms with Gasteiger partial charge >= 0.3 is 0 Å². The summed E-state index contributed by atoms with van der Waals surface area (Å²) in [6, 6.07) is 14.7. The Labute approximate surface area is 207 Å². The summed E-state index contributed by atoms with van der Waals surface area (Å²) in [6.45, 7) is 5.18. The number of nitrogens with zero attached hydrogens (tertiary/aromatic N) is 1. The van der Waals surface area contributed by atoms with E-state index in [2.05, 4.69) is 33.8 Å². The summed E-state index contributed by atoms with van der Waals surface area (Å²) in [6.07, 6.45) is 1.98. The standard InChI is InChI=1S/C24H32FN3O3.HI/c1-18(31-23-9-4-3-8-22(23)25)15-27-24(26-2)28-16-19-6-5-7-20(14-19)17-30-21-10-12-29-13-11-21;/h3-9,14,18,21H,10-13,15-17H2,1-2H3,(H2,26,27,28);1H. The molecule has 0 aliphatic carbocycles. The summed E-state index contributed by atoms with van der Waals surface area (Å²) < 4.78 is 30.8. The first kappa shape index (κ1) is 26.3. The molecule has 0 saturated carbocycles. The van der Waals surface area contributed by atoms with Gasteiger partial charge in [-0.3, -0.25) is 4.99 Å². The molecule has 0 aromatic heterocycles. The minimum absolute atomic E-state index is 0. The molecule has 6 nitrogen and oxygen atoms in total. The van der Waals surface area contributed by atoms with Crippen LogP contribution in [0.2, 0.25) is 0 Å². The van der Waals surface area contributed by atoms with Crippen molar-refractivity contribution in [3.63, 3.8) is 0 Å². The van der Waals surface area contributed by atoms with Crippen molar-refractivity contribution >= 4 is 29.9 Å². The number of rotatable bonds is 9. The van der Waals surface area contributed by atoms with Gasteiger partial charge < -0.3 is 24.8 Å². The Hall–Kier alpha value is -1.91. The van der Waals surface area contributed by atoms with Gasteiger partial charge in [0.05, 0.1) is 19.3 Å². The molecular formula is C24H33FIN3O3. The molecule has 3 rings (SSSR count). The van der Waals surface area contributed by atoms with Gasteiger partial charge in [-0.2, -0.15) is 0 Å². The number of halogens is 2. The van der Waals surface area contributed by atoms with Gasteiger partial charge in [0.25, 0.3) is 0 Å². The predicted molar refractivity (Wildman–Crippen MR) is 135 cm³/mol. The largest absolute Gasteiger partial charge is 0.486 e. The molecule has 0 bridgehead atoms. The van der Waals surface area contributed by atoms with Crippen molar-refractivity contribution in [3.8, 4) is 5.75 Å². The van der Waals surface area contributed by atoms with E-state index in [0.717, 1.165) is 37.2 Å². The number of benzene rings is 2. The molecule has 176 valence electrons. The van der Waals surface area contributed by atoms with Crippen LogP contribution in [0.1, 0.15) is 30.9 Å². The average Bonchev–Trinajstić information content (AvgIpc) is 2.80. The molecule has 1 unspecified atom stereocenters. The number of nitrogens with one attached hydrogen (secondary N) is 2. The lowest BCUT2D eigenvalue weighted by atomic mass is 10.1. The molecule has 2 aromatic carbocycles. The Bertz CT molecular complexity index is 847. The van der Waals surface area contributed by atoms with Crippen LogP contribution in [-0.4, -0.2) is 45.0 Å². The average molecular weight is 557 g/mol. The predicted octanol–water partition coefficient (Wildman–Crippen LogP) is 4.27. The van der Waals surface area contributed by atoms with E-state index in [0.29, 0.717) is 25.7 Å². The van der Waals surface area contributed by atoms with E-state index in [1.54, 1.807) is 25.2 Å². The highest BCUT2D eigenvalue weighted by molar-refractivity contribution is 14.0. The monoisotopic (exact) mass is 557 g/mol. The molecule has 0 spiro atoms. The maximum atomic E-state index is 13.7. The molecule has 1 fully saturated rings. The molecule has 0 radical (unpaired) electrons. The van der Waals surface area contributed by atoms with E-state index in [1.807, 2.05) is 13.0 Å². The number of ether oxygens (including phenoxy) is 3. The lowest BCUT2D eigenvalue weighted by Crippen LogP contribution is -2.41. The Morgan fingerprint density at radius 1 is 1.12 bits per heavy atom. The van der Waals surface area contributed by atoms with Crippen LogP contribution in [0.5, 0.6) is 5.75 Å². The van der Waals surface area contributed by atoms with Crippen molar-refractivity contribution in [2.75, 3.05) is 26.8 Å². The minimum atomic E-state index is -0.363. The van der Waals surface area contributed by atoms with Crippen LogP contribution in [0.15, 0.2) is 53.5 Å². The van der Waals surface area contributed by atoms with Crippen LogP contribution in [0.4, 0.5) is 4.39 Å². The molecule has 0 amide bonds. The molecule has 1 atom stereocenters. The van der Waals surface area contributed by atoms with E-state index in [-0.39, 0.29) is 47.8 Å². The van der Waals surface area contributed by atoms with E-state index >= 15 is 0 Å². The van der Waals surface area contributed by atoms with Gasteiger partial charge in [0.2, 0.25) is 0 Å². The molecule has 8 heteroatoms. The first-order chi connectivity index (χ1) is 15.1. The fraction of sp³-hybridized carbons (Fsp3) is 0.458. The number of para-hydroxylation sites is 1. The first-order valence-electron chi connectivity index (χ1n) is 10.8. The fourth-order valence-electron chi connectivity index (χ4n) is 3.33. The second-order valence-electron chi connectivity index (χ2n) is 7.61. The first-order valence-corrected chi connectivity index (χ1v) is 10.8. The molecule has 1 aliphatic heterocycles. The van der Waals surface area contributed by atoms with Crippen molar-refractivity contribution in [3.05, 3.63) is 65.5 Å². The Morgan fingerprint density at radius 3 is 2.62 bits per heavy atom. The Balaban J connectivity index is 0.00000363. The van der Waals surface area contributed by atoms with Crippen molar-refractivity contribution in [2.45, 2.75) is 45.1 Å². The zero-order chi connectivity index (χ0) is 21.9. The fourth-order valence-corrected chi connectivity index (χ4v) is 3.33. The maximum Gasteiger partial charge on any atom is 0.191 e. The van der Waals surface area contributed by atoms with Gasteiger partial charge in [0.15, 0.2) is 17.5 Å². The molecule has 1 saturated heterocycles. The zero-order valence-electron chi connectivity index (χ0n) is 18.7. The smallest absolute Gasteiger partial charge is 0.191 e. The molecule has 2 N–H and O–H groups in total. The van der Waals surface area contributed by atoms with Crippen molar-refractivity contribution in [1.82, 2.24) is 10.6 Å². The van der Waals surface area contributed by atoms with Crippen LogP contribution in [-0.2, 0) is 22.6 Å². The third-order valence-electron chi connectivity index (χ3n) is 5.05. The van der Waals surface area contributed by atoms with Crippen LogP contribution in [0, 0.1) is 5.82 Å². The van der Waals surface area contributed by atoms with Crippen LogP contribution < -0.4 is 15.4 Å². The van der Waals surface area contributed by atoms with Crippen LogP contribution in [0.3, 0.4) is 0 Å². The number of hydrogen-bond donors (Lipinski definition) is 2. The summed E-state index contributed by atoms with van der Waals surface area (Å²) in [5, 5.41) is 6.52. The van der Waals surface area contributed by atoms with Crippen molar-refractivity contribution in [2.24, 2.45) is 4.99 Å². The molecule has 1 heterocycles. The molecule has 1 aliphatic rings. The van der Waals surface area contributed by atoms with E-state index < -0.39 is 0 Å². The van der Waals surface area contributed by atoms with E-state index in [4.69, 9.17) is 14.2 Å². The third-order valence-corrected chi connectivity index (χ3v) is 5.05. The zero-order valence-corrected chi connectivity index (χ0v) is 21.0. The van der Waals surface area contributed by atoms with Gasteiger partial charge in [0, 0.05) is 26.8 Å². The lowest BCUT2D eigenvalue weighted by molar-refractivity contribution is -0.0390. The highest BCUT2D eigenvalue weighted by Gasteiger charge is 2.14. The van der Waals surface area contributed by atoms with Gasteiger partial charge in [-0.1, -0.05) is 36.4 Å². The van der Waals surface area contributed by atoms with Crippen LogP contribution in [0.25, 0.3) is 0 Å². The number of aliphatic imine (C=N–C) groups is 1. The van der Waals surface area contributed by atoms with Gasteiger partial charge in [-0.15, -0.1) is 24.0 Å². The third kappa shape index (κ3) is 8.91. The molecule has 32 heavy (non-hydrogen) atoms. The summed E-state index contributed by atoms with van der Waals surface area (Å²) in [5.41, 5.74) is 2.30. The topological polar surface area (TPSA) is 64.1 Å². The number of hydrogen-bond acceptors (Lipinski definition) is 4. The van der Waals surface area contributed by atoms with Crippen molar-refractivity contribution < 1.29 is 18.6 Å². The normalized spacial score (nSPS) is 15.5. The minimum Gasteiger partial charge on any atom is -0.486 e. The highest BCUT2D eigenvalue weighted by atomic mass is 127. The summed E-state index contributed by atoms with van der Waals surface area (Å²) in [4.78, 5) is 4.25.